The standard InChI is InChI=1S/C16H11Br2NS/c1-10-15(11-2-6-13(17)7-3-11)19-16(20-10)12-4-8-14(18)9-5-12/h2-9H,1H3. The van der Waals surface area contributed by atoms with Crippen molar-refractivity contribution in [2.75, 3.05) is 0 Å². The molecule has 3 aromatic rings. The van der Waals surface area contributed by atoms with Gasteiger partial charge >= 0.3 is 0 Å². The lowest BCUT2D eigenvalue weighted by Gasteiger charge is -1.99. The molecule has 1 heterocycles. The van der Waals surface area contributed by atoms with Crippen LogP contribution in [-0.2, 0) is 0 Å². The van der Waals surface area contributed by atoms with Crippen LogP contribution in [0.4, 0.5) is 0 Å². The summed E-state index contributed by atoms with van der Waals surface area (Å²) in [5, 5.41) is 1.06. The van der Waals surface area contributed by atoms with E-state index in [-0.39, 0.29) is 0 Å². The Morgan fingerprint density at radius 2 is 1.30 bits per heavy atom. The van der Waals surface area contributed by atoms with Crippen molar-refractivity contribution >= 4 is 43.2 Å². The molecule has 0 fully saturated rings. The Morgan fingerprint density at radius 3 is 1.85 bits per heavy atom. The van der Waals surface area contributed by atoms with E-state index in [1.165, 1.54) is 4.88 Å². The summed E-state index contributed by atoms with van der Waals surface area (Å²) in [5.74, 6) is 0. The summed E-state index contributed by atoms with van der Waals surface area (Å²) in [7, 11) is 0. The van der Waals surface area contributed by atoms with Crippen LogP contribution in [0.15, 0.2) is 57.5 Å². The van der Waals surface area contributed by atoms with Crippen molar-refractivity contribution in [2.45, 2.75) is 6.92 Å². The molecular weight excluding hydrogens is 398 g/mol. The van der Waals surface area contributed by atoms with Crippen molar-refractivity contribution < 1.29 is 0 Å². The highest BCUT2D eigenvalue weighted by atomic mass is 79.9. The highest BCUT2D eigenvalue weighted by molar-refractivity contribution is 9.10. The Labute approximate surface area is 139 Å². The number of aromatic nitrogens is 1. The average molecular weight is 409 g/mol. The molecule has 0 spiro atoms. The lowest BCUT2D eigenvalue weighted by atomic mass is 10.1. The third kappa shape index (κ3) is 2.87. The van der Waals surface area contributed by atoms with Gasteiger partial charge in [0.1, 0.15) is 5.01 Å². The lowest BCUT2D eigenvalue weighted by Crippen LogP contribution is -1.81. The van der Waals surface area contributed by atoms with Gasteiger partial charge in [-0.3, -0.25) is 0 Å². The van der Waals surface area contributed by atoms with Gasteiger partial charge in [-0.1, -0.05) is 56.1 Å². The molecule has 0 aliphatic carbocycles. The maximum absolute atomic E-state index is 4.80. The first kappa shape index (κ1) is 14.0. The average Bonchev–Trinajstić information content (AvgIpc) is 2.82. The number of hydrogen-bond acceptors (Lipinski definition) is 2. The minimum absolute atomic E-state index is 1.06. The normalized spacial score (nSPS) is 10.8. The van der Waals surface area contributed by atoms with E-state index in [2.05, 4.69) is 63.0 Å². The topological polar surface area (TPSA) is 12.9 Å². The van der Waals surface area contributed by atoms with Crippen LogP contribution < -0.4 is 0 Å². The second-order valence-electron chi connectivity index (χ2n) is 4.44. The summed E-state index contributed by atoms with van der Waals surface area (Å²) in [6.07, 6.45) is 0. The molecule has 0 aliphatic rings. The van der Waals surface area contributed by atoms with Crippen molar-refractivity contribution in [2.24, 2.45) is 0 Å². The fourth-order valence-electron chi connectivity index (χ4n) is 1.99. The SMILES string of the molecule is Cc1sc(-c2ccc(Br)cc2)nc1-c1ccc(Br)cc1. The molecule has 0 saturated carbocycles. The largest absolute Gasteiger partial charge is 0.236 e. The highest BCUT2D eigenvalue weighted by Gasteiger charge is 2.11. The zero-order valence-corrected chi connectivity index (χ0v) is 14.7. The lowest BCUT2D eigenvalue weighted by molar-refractivity contribution is 1.37. The predicted octanol–water partition coefficient (Wildman–Crippen LogP) is 6.31. The molecule has 4 heteroatoms. The van der Waals surface area contributed by atoms with Crippen molar-refractivity contribution in [1.82, 2.24) is 4.98 Å². The summed E-state index contributed by atoms with van der Waals surface area (Å²) < 4.78 is 2.17. The van der Waals surface area contributed by atoms with Gasteiger partial charge in [-0.15, -0.1) is 11.3 Å². The van der Waals surface area contributed by atoms with E-state index in [1.54, 1.807) is 11.3 Å². The molecule has 0 amide bonds. The molecule has 0 aliphatic heterocycles. The Bertz CT molecular complexity index is 730. The van der Waals surface area contributed by atoms with Crippen LogP contribution in [0.25, 0.3) is 21.8 Å². The number of halogens is 2. The Kier molecular flexibility index (Phi) is 4.06. The first-order valence-electron chi connectivity index (χ1n) is 6.13. The first-order valence-corrected chi connectivity index (χ1v) is 8.53. The Balaban J connectivity index is 2.02. The van der Waals surface area contributed by atoms with Gasteiger partial charge in [-0.2, -0.15) is 0 Å². The summed E-state index contributed by atoms with van der Waals surface area (Å²) in [6, 6.07) is 16.6. The van der Waals surface area contributed by atoms with Crippen LogP contribution in [0.3, 0.4) is 0 Å². The summed E-state index contributed by atoms with van der Waals surface area (Å²) in [5.41, 5.74) is 3.38. The predicted molar refractivity (Wildman–Crippen MR) is 93.1 cm³/mol. The Morgan fingerprint density at radius 1 is 0.800 bits per heavy atom. The highest BCUT2D eigenvalue weighted by Crippen LogP contribution is 2.34. The molecular formula is C16H11Br2NS. The molecule has 0 N–H and O–H groups in total. The number of thiazole rings is 1. The maximum atomic E-state index is 4.80. The van der Waals surface area contributed by atoms with Crippen molar-refractivity contribution in [3.05, 3.63) is 62.4 Å². The Hall–Kier alpha value is -0.970. The molecule has 0 atom stereocenters. The molecule has 1 aromatic heterocycles. The number of benzene rings is 2. The van der Waals surface area contributed by atoms with Gasteiger partial charge in [0.2, 0.25) is 0 Å². The smallest absolute Gasteiger partial charge is 0.124 e. The molecule has 0 radical (unpaired) electrons. The van der Waals surface area contributed by atoms with Crippen LogP contribution in [0.1, 0.15) is 4.88 Å². The summed E-state index contributed by atoms with van der Waals surface area (Å²) in [6.45, 7) is 2.12. The van der Waals surface area contributed by atoms with Gasteiger partial charge in [-0.05, 0) is 31.2 Å². The second-order valence-corrected chi connectivity index (χ2v) is 7.47. The van der Waals surface area contributed by atoms with Crippen molar-refractivity contribution in [3.63, 3.8) is 0 Å². The molecule has 3 rings (SSSR count). The summed E-state index contributed by atoms with van der Waals surface area (Å²) >= 11 is 8.66. The van der Waals surface area contributed by atoms with Gasteiger partial charge in [0.25, 0.3) is 0 Å². The van der Waals surface area contributed by atoms with E-state index in [9.17, 15) is 0 Å². The fraction of sp³-hybridized carbons (Fsp3) is 0.0625. The van der Waals surface area contributed by atoms with E-state index in [1.807, 2.05) is 24.3 Å². The van der Waals surface area contributed by atoms with Gasteiger partial charge in [0.15, 0.2) is 0 Å². The molecule has 0 unspecified atom stereocenters. The minimum atomic E-state index is 1.06. The second kappa shape index (κ2) is 5.80. The van der Waals surface area contributed by atoms with E-state index >= 15 is 0 Å². The van der Waals surface area contributed by atoms with Gasteiger partial charge < -0.3 is 0 Å². The van der Waals surface area contributed by atoms with E-state index in [4.69, 9.17) is 4.98 Å². The van der Waals surface area contributed by atoms with Crippen LogP contribution >= 0.6 is 43.2 Å². The third-order valence-electron chi connectivity index (χ3n) is 3.01. The van der Waals surface area contributed by atoms with Crippen LogP contribution in [0.2, 0.25) is 0 Å². The molecule has 1 nitrogen and oxygen atoms in total. The number of hydrogen-bond donors (Lipinski definition) is 0. The van der Waals surface area contributed by atoms with Crippen LogP contribution in [-0.4, -0.2) is 4.98 Å². The van der Waals surface area contributed by atoms with Gasteiger partial charge in [-0.25, -0.2) is 4.98 Å². The molecule has 100 valence electrons. The van der Waals surface area contributed by atoms with Crippen molar-refractivity contribution in [3.8, 4) is 21.8 Å². The number of aryl methyl sites for hydroxylation is 1. The quantitative estimate of drug-likeness (QED) is 0.484. The number of rotatable bonds is 2. The summed E-state index contributed by atoms with van der Waals surface area (Å²) in [4.78, 5) is 6.04. The molecule has 2 aromatic carbocycles. The van der Waals surface area contributed by atoms with Gasteiger partial charge in [0.05, 0.1) is 5.69 Å². The van der Waals surface area contributed by atoms with Crippen molar-refractivity contribution in [1.29, 1.82) is 0 Å². The molecule has 0 bridgehead atoms. The molecule has 20 heavy (non-hydrogen) atoms. The monoisotopic (exact) mass is 407 g/mol. The van der Waals surface area contributed by atoms with E-state index < -0.39 is 0 Å². The first-order chi connectivity index (χ1) is 9.63. The minimum Gasteiger partial charge on any atom is -0.236 e. The van der Waals surface area contributed by atoms with Gasteiger partial charge in [0, 0.05) is 24.9 Å². The molecule has 0 saturated heterocycles. The zero-order valence-electron chi connectivity index (χ0n) is 10.7. The van der Waals surface area contributed by atoms with E-state index in [0.29, 0.717) is 0 Å². The van der Waals surface area contributed by atoms with Crippen LogP contribution in [0.5, 0.6) is 0 Å². The number of nitrogens with zero attached hydrogens (tertiary/aromatic N) is 1. The third-order valence-corrected chi connectivity index (χ3v) is 5.08. The van der Waals surface area contributed by atoms with E-state index in [0.717, 1.165) is 30.8 Å². The fourth-order valence-corrected chi connectivity index (χ4v) is 3.46. The van der Waals surface area contributed by atoms with Crippen LogP contribution in [0, 0.1) is 6.92 Å². The zero-order chi connectivity index (χ0) is 14.1. The maximum Gasteiger partial charge on any atom is 0.124 e.